The van der Waals surface area contributed by atoms with Crippen LogP contribution in [0.1, 0.15) is 34.7 Å². The highest BCUT2D eigenvalue weighted by atomic mass is 16.7. The van der Waals surface area contributed by atoms with Crippen LogP contribution in [0.4, 0.5) is 0 Å². The number of fused-ring (bicyclic) bond motifs is 6. The van der Waals surface area contributed by atoms with Crippen LogP contribution in [-0.2, 0) is 19.4 Å². The summed E-state index contributed by atoms with van der Waals surface area (Å²) in [6.07, 6.45) is 3.22. The molecule has 0 amide bonds. The molecule has 2 aromatic carbocycles. The van der Waals surface area contributed by atoms with Crippen LogP contribution in [0.5, 0.6) is 23.0 Å². The third-order valence-electron chi connectivity index (χ3n) is 5.86. The lowest BCUT2D eigenvalue weighted by Crippen LogP contribution is -2.34. The monoisotopic (exact) mass is 337 g/mol. The fraction of sp³-hybridized carbons (Fsp3) is 0.400. The standard InChI is InChI=1S/C20H19NO4/c1-2-16-15-8-20-18(23-11-25-20)6-13(15)3-4-21(16)9-14-7-19-17(5-12(1)14)22-10-24-19/h5-8,16H,1-4,9-11H2/t16-/m0/s1. The minimum absolute atomic E-state index is 0.337. The number of ether oxygens (including phenoxy) is 4. The second-order valence-electron chi connectivity index (χ2n) is 7.15. The Hall–Kier alpha value is -2.40. The molecule has 0 fully saturated rings. The first kappa shape index (κ1) is 13.8. The van der Waals surface area contributed by atoms with E-state index >= 15 is 0 Å². The van der Waals surface area contributed by atoms with Crippen molar-refractivity contribution in [2.24, 2.45) is 0 Å². The number of nitrogens with zero attached hydrogens (tertiary/aromatic N) is 1. The van der Waals surface area contributed by atoms with E-state index in [2.05, 4.69) is 29.2 Å². The van der Waals surface area contributed by atoms with Crippen molar-refractivity contribution in [3.8, 4) is 23.0 Å². The summed E-state index contributed by atoms with van der Waals surface area (Å²) in [7, 11) is 0. The molecule has 0 spiro atoms. The smallest absolute Gasteiger partial charge is 0.231 e. The van der Waals surface area contributed by atoms with Crippen LogP contribution in [0.2, 0.25) is 0 Å². The summed E-state index contributed by atoms with van der Waals surface area (Å²) in [6, 6.07) is 9.17. The molecule has 0 aliphatic carbocycles. The molecule has 4 aliphatic rings. The van der Waals surface area contributed by atoms with E-state index in [4.69, 9.17) is 18.9 Å². The zero-order chi connectivity index (χ0) is 16.4. The Morgan fingerprint density at radius 2 is 1.36 bits per heavy atom. The maximum Gasteiger partial charge on any atom is 0.231 e. The average molecular weight is 337 g/mol. The molecule has 0 N–H and O–H groups in total. The summed E-state index contributed by atoms with van der Waals surface area (Å²) in [5, 5.41) is 0. The van der Waals surface area contributed by atoms with Gasteiger partial charge in [-0.3, -0.25) is 4.90 Å². The highest BCUT2D eigenvalue weighted by Crippen LogP contribution is 2.45. The summed E-state index contributed by atoms with van der Waals surface area (Å²) in [5.74, 6) is 3.57. The highest BCUT2D eigenvalue weighted by molar-refractivity contribution is 5.52. The van der Waals surface area contributed by atoms with Crippen LogP contribution in [0, 0.1) is 0 Å². The minimum Gasteiger partial charge on any atom is -0.454 e. The molecule has 25 heavy (non-hydrogen) atoms. The molecule has 6 rings (SSSR count). The maximum atomic E-state index is 5.62. The van der Waals surface area contributed by atoms with E-state index in [1.165, 1.54) is 22.3 Å². The predicted octanol–water partition coefficient (Wildman–Crippen LogP) is 3.19. The lowest BCUT2D eigenvalue weighted by molar-refractivity contribution is 0.170. The van der Waals surface area contributed by atoms with E-state index < -0.39 is 0 Å². The molecule has 0 unspecified atom stereocenters. The van der Waals surface area contributed by atoms with E-state index in [0.717, 1.165) is 55.4 Å². The van der Waals surface area contributed by atoms with Crippen LogP contribution in [0.15, 0.2) is 24.3 Å². The molecule has 0 radical (unpaired) electrons. The number of hydrogen-bond acceptors (Lipinski definition) is 5. The van der Waals surface area contributed by atoms with Gasteiger partial charge in [-0.1, -0.05) is 0 Å². The summed E-state index contributed by atoms with van der Waals surface area (Å²) >= 11 is 0. The first-order chi connectivity index (χ1) is 12.3. The van der Waals surface area contributed by atoms with Crippen LogP contribution < -0.4 is 18.9 Å². The van der Waals surface area contributed by atoms with Gasteiger partial charge in [0, 0.05) is 19.1 Å². The average Bonchev–Trinajstić information content (AvgIpc) is 3.22. The van der Waals surface area contributed by atoms with Crippen molar-refractivity contribution < 1.29 is 18.9 Å². The topological polar surface area (TPSA) is 40.2 Å². The van der Waals surface area contributed by atoms with Gasteiger partial charge in [0.05, 0.1) is 0 Å². The Morgan fingerprint density at radius 1 is 0.720 bits per heavy atom. The molecule has 0 saturated carbocycles. The van der Waals surface area contributed by atoms with E-state index in [0.29, 0.717) is 19.6 Å². The Morgan fingerprint density at radius 3 is 2.12 bits per heavy atom. The van der Waals surface area contributed by atoms with Crippen LogP contribution in [0.25, 0.3) is 0 Å². The fourth-order valence-electron chi connectivity index (χ4n) is 4.59. The van der Waals surface area contributed by atoms with Crippen LogP contribution >= 0.6 is 0 Å². The number of aryl methyl sites for hydroxylation is 1. The predicted molar refractivity (Wildman–Crippen MR) is 90.3 cm³/mol. The molecule has 1 atom stereocenters. The zero-order valence-electron chi connectivity index (χ0n) is 13.9. The summed E-state index contributed by atoms with van der Waals surface area (Å²) in [5.41, 5.74) is 5.57. The molecule has 4 heterocycles. The van der Waals surface area contributed by atoms with Gasteiger partial charge in [0.2, 0.25) is 13.6 Å². The summed E-state index contributed by atoms with van der Waals surface area (Å²) in [4.78, 5) is 2.60. The molecule has 128 valence electrons. The number of benzene rings is 2. The lowest BCUT2D eigenvalue weighted by atomic mass is 9.89. The van der Waals surface area contributed by atoms with Crippen molar-refractivity contribution in [3.63, 3.8) is 0 Å². The van der Waals surface area contributed by atoms with Crippen molar-refractivity contribution in [1.82, 2.24) is 4.90 Å². The second-order valence-corrected chi connectivity index (χ2v) is 7.15. The van der Waals surface area contributed by atoms with Gasteiger partial charge < -0.3 is 18.9 Å². The summed E-state index contributed by atoms with van der Waals surface area (Å²) < 4.78 is 22.3. The van der Waals surface area contributed by atoms with Crippen molar-refractivity contribution in [3.05, 3.63) is 46.5 Å². The van der Waals surface area contributed by atoms with E-state index in [9.17, 15) is 0 Å². The second kappa shape index (κ2) is 5.05. The van der Waals surface area contributed by atoms with Crippen molar-refractivity contribution in [2.45, 2.75) is 31.8 Å². The SMILES string of the molecule is c1c2c(cc3c1OCO3)CN1CCc3cc4c(cc3[C@@H]1CC2)OCO4. The summed E-state index contributed by atoms with van der Waals surface area (Å²) in [6.45, 7) is 2.71. The molecule has 5 heteroatoms. The van der Waals surface area contributed by atoms with Gasteiger partial charge in [-0.2, -0.15) is 0 Å². The highest BCUT2D eigenvalue weighted by Gasteiger charge is 2.33. The molecule has 2 aromatic rings. The molecule has 5 nitrogen and oxygen atoms in total. The van der Waals surface area contributed by atoms with Gasteiger partial charge in [0.15, 0.2) is 23.0 Å². The van der Waals surface area contributed by atoms with E-state index in [1.807, 2.05) is 0 Å². The molecule has 0 aromatic heterocycles. The van der Waals surface area contributed by atoms with Crippen molar-refractivity contribution >= 4 is 0 Å². The molecule has 4 aliphatic heterocycles. The van der Waals surface area contributed by atoms with Crippen molar-refractivity contribution in [1.29, 1.82) is 0 Å². The third-order valence-corrected chi connectivity index (χ3v) is 5.86. The van der Waals surface area contributed by atoms with Gasteiger partial charge in [0.1, 0.15) is 0 Å². The molecule has 0 saturated heterocycles. The molecular weight excluding hydrogens is 318 g/mol. The zero-order valence-corrected chi connectivity index (χ0v) is 13.9. The Balaban J connectivity index is 1.39. The van der Waals surface area contributed by atoms with Gasteiger partial charge in [0.25, 0.3) is 0 Å². The Bertz CT molecular complexity index is 878. The maximum absolute atomic E-state index is 5.62. The first-order valence-electron chi connectivity index (χ1n) is 8.93. The van der Waals surface area contributed by atoms with Gasteiger partial charge >= 0.3 is 0 Å². The van der Waals surface area contributed by atoms with Gasteiger partial charge in [-0.25, -0.2) is 0 Å². The quantitative estimate of drug-likeness (QED) is 0.738. The third kappa shape index (κ3) is 2.05. The normalized spacial score (nSPS) is 22.8. The van der Waals surface area contributed by atoms with E-state index in [-0.39, 0.29) is 0 Å². The van der Waals surface area contributed by atoms with Crippen LogP contribution in [0.3, 0.4) is 0 Å². The minimum atomic E-state index is 0.337. The van der Waals surface area contributed by atoms with Gasteiger partial charge in [-0.05, 0) is 65.8 Å². The molecule has 0 bridgehead atoms. The Kier molecular flexibility index (Phi) is 2.80. The number of rotatable bonds is 0. The van der Waals surface area contributed by atoms with Crippen LogP contribution in [-0.4, -0.2) is 25.0 Å². The van der Waals surface area contributed by atoms with E-state index in [1.54, 1.807) is 0 Å². The first-order valence-corrected chi connectivity index (χ1v) is 8.93. The molecular formula is C20H19NO4. The fourth-order valence-corrected chi connectivity index (χ4v) is 4.59. The Labute approximate surface area is 146 Å². The lowest BCUT2D eigenvalue weighted by Gasteiger charge is -2.36. The van der Waals surface area contributed by atoms with Gasteiger partial charge in [-0.15, -0.1) is 0 Å². The largest absolute Gasteiger partial charge is 0.454 e. The number of hydrogen-bond donors (Lipinski definition) is 0. The van der Waals surface area contributed by atoms with Crippen molar-refractivity contribution in [2.75, 3.05) is 20.1 Å².